The van der Waals surface area contributed by atoms with Crippen LogP contribution >= 0.6 is 0 Å². The number of benzene rings is 1. The van der Waals surface area contributed by atoms with E-state index >= 15 is 0 Å². The minimum atomic E-state index is -3.19. The molecule has 0 heterocycles. The van der Waals surface area contributed by atoms with Crippen LogP contribution in [-0.4, -0.2) is 37.3 Å². The lowest BCUT2D eigenvalue weighted by Crippen LogP contribution is -2.23. The SMILES string of the molecule is CCS(=O)(=O)c1ccc(CN(C)C(=O)O)cc1. The van der Waals surface area contributed by atoms with E-state index in [0.29, 0.717) is 0 Å². The Bertz CT molecular complexity index is 493. The summed E-state index contributed by atoms with van der Waals surface area (Å²) in [6, 6.07) is 6.26. The Balaban J connectivity index is 2.86. The first-order chi connectivity index (χ1) is 7.86. The van der Waals surface area contributed by atoms with Crippen LogP contribution in [-0.2, 0) is 16.4 Å². The van der Waals surface area contributed by atoms with Crippen molar-refractivity contribution in [1.29, 1.82) is 0 Å². The van der Waals surface area contributed by atoms with Crippen LogP contribution in [0.25, 0.3) is 0 Å². The highest BCUT2D eigenvalue weighted by atomic mass is 32.2. The third kappa shape index (κ3) is 3.45. The largest absolute Gasteiger partial charge is 0.465 e. The minimum Gasteiger partial charge on any atom is -0.465 e. The lowest BCUT2D eigenvalue weighted by molar-refractivity contribution is 0.153. The summed E-state index contributed by atoms with van der Waals surface area (Å²) in [5.74, 6) is 0.0569. The number of carboxylic acid groups (broad SMARTS) is 1. The normalized spacial score (nSPS) is 11.2. The highest BCUT2D eigenvalue weighted by molar-refractivity contribution is 7.91. The molecule has 0 saturated heterocycles. The summed E-state index contributed by atoms with van der Waals surface area (Å²) in [6.07, 6.45) is -1.02. The number of carbonyl (C=O) groups is 1. The van der Waals surface area contributed by atoms with Gasteiger partial charge in [0.05, 0.1) is 10.6 Å². The van der Waals surface area contributed by atoms with Crippen molar-refractivity contribution >= 4 is 15.9 Å². The van der Waals surface area contributed by atoms with Gasteiger partial charge in [-0.3, -0.25) is 0 Å². The zero-order valence-electron chi connectivity index (χ0n) is 9.75. The fourth-order valence-electron chi connectivity index (χ4n) is 1.31. The molecule has 0 aromatic heterocycles. The first-order valence-corrected chi connectivity index (χ1v) is 6.78. The lowest BCUT2D eigenvalue weighted by atomic mass is 10.2. The number of hydrogen-bond donors (Lipinski definition) is 1. The molecule has 0 aliphatic carbocycles. The Morgan fingerprint density at radius 3 is 2.24 bits per heavy atom. The highest BCUT2D eigenvalue weighted by Gasteiger charge is 2.11. The van der Waals surface area contributed by atoms with Gasteiger partial charge in [-0.15, -0.1) is 0 Å². The average Bonchev–Trinajstić information content (AvgIpc) is 2.29. The van der Waals surface area contributed by atoms with Crippen molar-refractivity contribution in [2.75, 3.05) is 12.8 Å². The van der Waals surface area contributed by atoms with E-state index in [-0.39, 0.29) is 17.2 Å². The monoisotopic (exact) mass is 257 g/mol. The summed E-state index contributed by atoms with van der Waals surface area (Å²) < 4.78 is 23.1. The fourth-order valence-corrected chi connectivity index (χ4v) is 2.19. The Hall–Kier alpha value is -1.56. The quantitative estimate of drug-likeness (QED) is 0.888. The van der Waals surface area contributed by atoms with Crippen molar-refractivity contribution in [2.45, 2.75) is 18.4 Å². The highest BCUT2D eigenvalue weighted by Crippen LogP contribution is 2.13. The van der Waals surface area contributed by atoms with Crippen LogP contribution in [0.5, 0.6) is 0 Å². The van der Waals surface area contributed by atoms with Gasteiger partial charge in [0, 0.05) is 13.6 Å². The van der Waals surface area contributed by atoms with Gasteiger partial charge in [-0.1, -0.05) is 19.1 Å². The lowest BCUT2D eigenvalue weighted by Gasteiger charge is -2.12. The number of hydrogen-bond acceptors (Lipinski definition) is 3. The zero-order chi connectivity index (χ0) is 13.1. The predicted molar refractivity (Wildman–Crippen MR) is 63.7 cm³/mol. The summed E-state index contributed by atoms with van der Waals surface area (Å²) in [5, 5.41) is 8.70. The number of sulfone groups is 1. The van der Waals surface area contributed by atoms with Crippen LogP contribution in [0.4, 0.5) is 4.79 Å². The van der Waals surface area contributed by atoms with Crippen LogP contribution in [0.2, 0.25) is 0 Å². The first kappa shape index (κ1) is 13.5. The molecule has 1 rings (SSSR count). The van der Waals surface area contributed by atoms with Gasteiger partial charge < -0.3 is 10.0 Å². The average molecular weight is 257 g/mol. The van der Waals surface area contributed by atoms with E-state index < -0.39 is 15.9 Å². The third-order valence-electron chi connectivity index (χ3n) is 2.41. The minimum absolute atomic E-state index is 0.0569. The van der Waals surface area contributed by atoms with Crippen LogP contribution in [0.3, 0.4) is 0 Å². The standard InChI is InChI=1S/C11H15NO4S/c1-3-17(15,16)10-6-4-9(5-7-10)8-12(2)11(13)14/h4-7H,3,8H2,1-2H3,(H,13,14). The second kappa shape index (κ2) is 5.18. The molecule has 0 aliphatic rings. The first-order valence-electron chi connectivity index (χ1n) is 5.12. The van der Waals surface area contributed by atoms with Crippen molar-refractivity contribution in [3.63, 3.8) is 0 Å². The van der Waals surface area contributed by atoms with Gasteiger partial charge in [0.2, 0.25) is 0 Å². The van der Waals surface area contributed by atoms with E-state index in [1.807, 2.05) is 0 Å². The molecule has 0 saturated carbocycles. The molecule has 0 aliphatic heterocycles. The van der Waals surface area contributed by atoms with E-state index in [1.165, 1.54) is 19.2 Å². The Kier molecular flexibility index (Phi) is 4.11. The van der Waals surface area contributed by atoms with Crippen LogP contribution in [0.1, 0.15) is 12.5 Å². The maximum Gasteiger partial charge on any atom is 0.407 e. The Labute approximate surface area is 101 Å². The third-order valence-corrected chi connectivity index (χ3v) is 4.16. The molecule has 94 valence electrons. The fraction of sp³-hybridized carbons (Fsp3) is 0.364. The summed E-state index contributed by atoms with van der Waals surface area (Å²) in [6.45, 7) is 1.82. The molecule has 0 bridgehead atoms. The maximum absolute atomic E-state index is 11.5. The molecule has 0 radical (unpaired) electrons. The molecule has 6 heteroatoms. The molecule has 1 amide bonds. The summed E-state index contributed by atoms with van der Waals surface area (Å²) in [4.78, 5) is 12.0. The van der Waals surface area contributed by atoms with Crippen molar-refractivity contribution in [2.24, 2.45) is 0 Å². The van der Waals surface area contributed by atoms with E-state index in [4.69, 9.17) is 5.11 Å². The van der Waals surface area contributed by atoms with Gasteiger partial charge in [0.1, 0.15) is 0 Å². The number of nitrogens with zero attached hydrogens (tertiary/aromatic N) is 1. The molecule has 0 spiro atoms. The Morgan fingerprint density at radius 1 is 1.29 bits per heavy atom. The van der Waals surface area contributed by atoms with Gasteiger partial charge >= 0.3 is 6.09 Å². The number of rotatable bonds is 4. The molecule has 1 aromatic carbocycles. The summed E-state index contributed by atoms with van der Waals surface area (Å²) in [7, 11) is -1.73. The molecular formula is C11H15NO4S. The zero-order valence-corrected chi connectivity index (χ0v) is 10.6. The molecular weight excluding hydrogens is 242 g/mol. The predicted octanol–water partition coefficient (Wildman–Crippen LogP) is 1.59. The van der Waals surface area contributed by atoms with Gasteiger partial charge in [-0.05, 0) is 17.7 Å². The van der Waals surface area contributed by atoms with Gasteiger partial charge in [0.25, 0.3) is 0 Å². The second-order valence-corrected chi connectivity index (χ2v) is 5.96. The Morgan fingerprint density at radius 2 is 1.82 bits per heavy atom. The van der Waals surface area contributed by atoms with Gasteiger partial charge in [-0.2, -0.15) is 0 Å². The molecule has 0 unspecified atom stereocenters. The van der Waals surface area contributed by atoms with E-state index in [0.717, 1.165) is 10.5 Å². The summed E-state index contributed by atoms with van der Waals surface area (Å²) in [5.41, 5.74) is 0.755. The molecule has 1 aromatic rings. The summed E-state index contributed by atoms with van der Waals surface area (Å²) >= 11 is 0. The smallest absolute Gasteiger partial charge is 0.407 e. The van der Waals surface area contributed by atoms with Gasteiger partial charge in [-0.25, -0.2) is 13.2 Å². The molecule has 1 N–H and O–H groups in total. The van der Waals surface area contributed by atoms with Crippen LogP contribution < -0.4 is 0 Å². The van der Waals surface area contributed by atoms with Crippen LogP contribution in [0, 0.1) is 0 Å². The van der Waals surface area contributed by atoms with Crippen molar-refractivity contribution < 1.29 is 18.3 Å². The molecule has 0 atom stereocenters. The van der Waals surface area contributed by atoms with Crippen molar-refractivity contribution in [3.05, 3.63) is 29.8 Å². The van der Waals surface area contributed by atoms with Crippen molar-refractivity contribution in [1.82, 2.24) is 4.90 Å². The molecule has 17 heavy (non-hydrogen) atoms. The van der Waals surface area contributed by atoms with Gasteiger partial charge in [0.15, 0.2) is 9.84 Å². The van der Waals surface area contributed by atoms with E-state index in [2.05, 4.69) is 0 Å². The molecule has 0 fully saturated rings. The second-order valence-electron chi connectivity index (χ2n) is 3.69. The van der Waals surface area contributed by atoms with E-state index in [1.54, 1.807) is 19.1 Å². The van der Waals surface area contributed by atoms with Crippen molar-refractivity contribution in [3.8, 4) is 0 Å². The van der Waals surface area contributed by atoms with Crippen LogP contribution in [0.15, 0.2) is 29.2 Å². The number of amides is 1. The maximum atomic E-state index is 11.5. The molecule has 5 nitrogen and oxygen atoms in total. The topological polar surface area (TPSA) is 74.7 Å². The van der Waals surface area contributed by atoms with E-state index in [9.17, 15) is 13.2 Å².